The Balaban J connectivity index is 2.13. The smallest absolute Gasteiger partial charge is 0.335 e. The highest BCUT2D eigenvalue weighted by Crippen LogP contribution is 2.27. The zero-order valence-corrected chi connectivity index (χ0v) is 11.4. The Kier molecular flexibility index (Phi) is 4.25. The minimum Gasteiger partial charge on any atom is -0.493 e. The van der Waals surface area contributed by atoms with Crippen molar-refractivity contribution in [1.82, 2.24) is 0 Å². The van der Waals surface area contributed by atoms with E-state index in [0.717, 1.165) is 11.1 Å². The van der Waals surface area contributed by atoms with Gasteiger partial charge in [-0.3, -0.25) is 0 Å². The van der Waals surface area contributed by atoms with E-state index in [4.69, 9.17) is 14.6 Å². The van der Waals surface area contributed by atoms with Crippen LogP contribution in [0.2, 0.25) is 0 Å². The second kappa shape index (κ2) is 6.10. The van der Waals surface area contributed by atoms with Crippen LogP contribution in [0.15, 0.2) is 42.5 Å². The third-order valence-electron chi connectivity index (χ3n) is 3.04. The molecule has 0 saturated heterocycles. The summed E-state index contributed by atoms with van der Waals surface area (Å²) in [5.41, 5.74) is 2.12. The van der Waals surface area contributed by atoms with Gasteiger partial charge in [-0.2, -0.15) is 0 Å². The van der Waals surface area contributed by atoms with E-state index in [2.05, 4.69) is 0 Å². The van der Waals surface area contributed by atoms with Crippen LogP contribution in [0.4, 0.5) is 0 Å². The fourth-order valence-electron chi connectivity index (χ4n) is 1.88. The van der Waals surface area contributed by atoms with Crippen molar-refractivity contribution in [3.8, 4) is 11.5 Å². The second-order valence-corrected chi connectivity index (χ2v) is 4.39. The Hall–Kier alpha value is -2.49. The molecule has 2 rings (SSSR count). The van der Waals surface area contributed by atoms with Gasteiger partial charge < -0.3 is 14.6 Å². The topological polar surface area (TPSA) is 55.8 Å². The van der Waals surface area contributed by atoms with E-state index < -0.39 is 5.97 Å². The van der Waals surface area contributed by atoms with E-state index in [9.17, 15) is 4.79 Å². The maximum Gasteiger partial charge on any atom is 0.335 e. The Morgan fingerprint density at radius 1 is 1.15 bits per heavy atom. The molecule has 0 aliphatic rings. The number of carboxylic acids is 1. The second-order valence-electron chi connectivity index (χ2n) is 4.39. The number of aryl methyl sites for hydroxylation is 1. The number of carbonyl (C=O) groups is 1. The Morgan fingerprint density at radius 3 is 2.45 bits per heavy atom. The van der Waals surface area contributed by atoms with E-state index in [1.807, 2.05) is 31.2 Å². The average molecular weight is 272 g/mol. The van der Waals surface area contributed by atoms with Gasteiger partial charge in [0.25, 0.3) is 0 Å². The van der Waals surface area contributed by atoms with Gasteiger partial charge in [0.15, 0.2) is 11.5 Å². The molecule has 0 atom stereocenters. The first kappa shape index (κ1) is 13.9. The van der Waals surface area contributed by atoms with Crippen LogP contribution in [0.1, 0.15) is 21.5 Å². The third kappa shape index (κ3) is 3.09. The quantitative estimate of drug-likeness (QED) is 0.907. The molecule has 0 fully saturated rings. The molecule has 0 saturated carbocycles. The van der Waals surface area contributed by atoms with Crippen molar-refractivity contribution in [2.45, 2.75) is 13.5 Å². The van der Waals surface area contributed by atoms with E-state index in [1.54, 1.807) is 25.3 Å². The van der Waals surface area contributed by atoms with Crippen LogP contribution in [0.5, 0.6) is 11.5 Å². The summed E-state index contributed by atoms with van der Waals surface area (Å²) in [7, 11) is 1.59. The first-order valence-corrected chi connectivity index (χ1v) is 6.20. The number of benzene rings is 2. The Bertz CT molecular complexity index is 620. The summed E-state index contributed by atoms with van der Waals surface area (Å²) in [6.07, 6.45) is 0. The summed E-state index contributed by atoms with van der Waals surface area (Å²) in [6.45, 7) is 2.24. The third-order valence-corrected chi connectivity index (χ3v) is 3.04. The van der Waals surface area contributed by atoms with Crippen LogP contribution in [0.25, 0.3) is 0 Å². The summed E-state index contributed by atoms with van der Waals surface area (Å²) in [4.78, 5) is 10.9. The minimum absolute atomic E-state index is 0.281. The number of hydrogen-bond donors (Lipinski definition) is 1. The molecule has 0 bridgehead atoms. The van der Waals surface area contributed by atoms with Crippen LogP contribution < -0.4 is 9.47 Å². The molecule has 2 aromatic carbocycles. The van der Waals surface area contributed by atoms with Gasteiger partial charge in [-0.25, -0.2) is 4.79 Å². The molecule has 0 aromatic heterocycles. The van der Waals surface area contributed by atoms with Crippen LogP contribution in [0, 0.1) is 6.92 Å². The van der Waals surface area contributed by atoms with Crippen LogP contribution in [0.3, 0.4) is 0 Å². The molecule has 0 unspecified atom stereocenters. The van der Waals surface area contributed by atoms with Gasteiger partial charge in [0, 0.05) is 0 Å². The van der Waals surface area contributed by atoms with Gasteiger partial charge >= 0.3 is 5.97 Å². The van der Waals surface area contributed by atoms with Crippen molar-refractivity contribution in [3.05, 3.63) is 59.2 Å². The zero-order valence-electron chi connectivity index (χ0n) is 11.4. The fourth-order valence-corrected chi connectivity index (χ4v) is 1.88. The zero-order chi connectivity index (χ0) is 14.5. The molecule has 0 aliphatic carbocycles. The van der Waals surface area contributed by atoms with E-state index in [1.165, 1.54) is 0 Å². The molecule has 0 aliphatic heterocycles. The lowest BCUT2D eigenvalue weighted by Gasteiger charge is -2.12. The lowest BCUT2D eigenvalue weighted by Crippen LogP contribution is -2.02. The highest BCUT2D eigenvalue weighted by Gasteiger charge is 2.07. The fraction of sp³-hybridized carbons (Fsp3) is 0.188. The van der Waals surface area contributed by atoms with E-state index >= 15 is 0 Å². The van der Waals surface area contributed by atoms with Crippen molar-refractivity contribution >= 4 is 5.97 Å². The molecule has 2 aromatic rings. The van der Waals surface area contributed by atoms with E-state index in [-0.39, 0.29) is 5.56 Å². The van der Waals surface area contributed by atoms with Gasteiger partial charge in [-0.05, 0) is 42.3 Å². The molecule has 1 N–H and O–H groups in total. The van der Waals surface area contributed by atoms with Gasteiger partial charge in [0.1, 0.15) is 6.61 Å². The van der Waals surface area contributed by atoms with Gasteiger partial charge in [-0.1, -0.05) is 18.2 Å². The van der Waals surface area contributed by atoms with Crippen molar-refractivity contribution < 1.29 is 19.4 Å². The van der Waals surface area contributed by atoms with Gasteiger partial charge in [-0.15, -0.1) is 0 Å². The largest absolute Gasteiger partial charge is 0.493 e. The van der Waals surface area contributed by atoms with Crippen molar-refractivity contribution in [3.63, 3.8) is 0 Å². The Labute approximate surface area is 117 Å². The summed E-state index contributed by atoms with van der Waals surface area (Å²) < 4.78 is 10.9. The molecule has 0 heterocycles. The van der Waals surface area contributed by atoms with Crippen LogP contribution in [-0.2, 0) is 6.61 Å². The standard InChI is InChI=1S/C16H16O4/c1-11-9-12(16(17)18)7-8-13(11)10-20-15-6-4-3-5-14(15)19-2/h3-9H,10H2,1-2H3,(H,17,18). The summed E-state index contributed by atoms with van der Waals surface area (Å²) >= 11 is 0. The first-order valence-electron chi connectivity index (χ1n) is 6.20. The predicted molar refractivity (Wildman–Crippen MR) is 75.5 cm³/mol. The average Bonchev–Trinajstić information content (AvgIpc) is 2.46. The SMILES string of the molecule is COc1ccccc1OCc1ccc(C(=O)O)cc1C. The molecular weight excluding hydrogens is 256 g/mol. The lowest BCUT2D eigenvalue weighted by molar-refractivity contribution is 0.0696. The predicted octanol–water partition coefficient (Wildman–Crippen LogP) is 3.28. The number of methoxy groups -OCH3 is 1. The molecule has 104 valence electrons. The van der Waals surface area contributed by atoms with Crippen LogP contribution in [-0.4, -0.2) is 18.2 Å². The highest BCUT2D eigenvalue weighted by atomic mass is 16.5. The van der Waals surface area contributed by atoms with Crippen molar-refractivity contribution in [2.24, 2.45) is 0 Å². The number of ether oxygens (including phenoxy) is 2. The maximum absolute atomic E-state index is 10.9. The first-order chi connectivity index (χ1) is 9.61. The summed E-state index contributed by atoms with van der Waals surface area (Å²) in [5, 5.41) is 8.93. The summed E-state index contributed by atoms with van der Waals surface area (Å²) in [6, 6.07) is 12.4. The normalized spacial score (nSPS) is 10.1. The molecule has 4 nitrogen and oxygen atoms in total. The van der Waals surface area contributed by atoms with Crippen molar-refractivity contribution in [2.75, 3.05) is 7.11 Å². The minimum atomic E-state index is -0.926. The van der Waals surface area contributed by atoms with Gasteiger partial charge in [0.2, 0.25) is 0 Å². The monoisotopic (exact) mass is 272 g/mol. The number of para-hydroxylation sites is 2. The highest BCUT2D eigenvalue weighted by molar-refractivity contribution is 5.87. The number of carboxylic acid groups (broad SMARTS) is 1. The molecule has 0 amide bonds. The molecule has 4 heteroatoms. The number of hydrogen-bond acceptors (Lipinski definition) is 3. The molecule has 20 heavy (non-hydrogen) atoms. The van der Waals surface area contributed by atoms with Crippen molar-refractivity contribution in [1.29, 1.82) is 0 Å². The molecule has 0 spiro atoms. The molecular formula is C16H16O4. The Morgan fingerprint density at radius 2 is 1.85 bits per heavy atom. The maximum atomic E-state index is 10.9. The lowest BCUT2D eigenvalue weighted by atomic mass is 10.1. The number of rotatable bonds is 5. The van der Waals surface area contributed by atoms with E-state index in [0.29, 0.717) is 18.1 Å². The number of aromatic carboxylic acids is 1. The molecule has 0 radical (unpaired) electrons. The van der Waals surface area contributed by atoms with Gasteiger partial charge in [0.05, 0.1) is 12.7 Å². The van der Waals surface area contributed by atoms with Crippen LogP contribution >= 0.6 is 0 Å². The summed E-state index contributed by atoms with van der Waals surface area (Å²) in [5.74, 6) is 0.411.